The molecule has 164 valence electrons. The number of anilines is 1. The van der Waals surface area contributed by atoms with Crippen molar-refractivity contribution in [1.82, 2.24) is 10.2 Å². The molecule has 0 radical (unpaired) electrons. The summed E-state index contributed by atoms with van der Waals surface area (Å²) in [4.78, 5) is 29.0. The van der Waals surface area contributed by atoms with Crippen molar-refractivity contribution in [3.05, 3.63) is 40.7 Å². The van der Waals surface area contributed by atoms with Crippen molar-refractivity contribution in [3.8, 4) is 11.5 Å². The molecule has 9 nitrogen and oxygen atoms in total. The van der Waals surface area contributed by atoms with E-state index < -0.39 is 11.6 Å². The van der Waals surface area contributed by atoms with Gasteiger partial charge in [-0.2, -0.15) is 0 Å². The van der Waals surface area contributed by atoms with Crippen molar-refractivity contribution in [1.29, 1.82) is 0 Å². The van der Waals surface area contributed by atoms with Gasteiger partial charge in [-0.1, -0.05) is 0 Å². The Morgan fingerprint density at radius 2 is 1.84 bits per heavy atom. The van der Waals surface area contributed by atoms with Crippen LogP contribution in [0.2, 0.25) is 0 Å². The van der Waals surface area contributed by atoms with Crippen LogP contribution in [0.5, 0.6) is 11.5 Å². The second-order valence-electron chi connectivity index (χ2n) is 8.20. The fourth-order valence-electron chi connectivity index (χ4n) is 5.32. The molecule has 4 atom stereocenters. The molecule has 0 saturated carbocycles. The first-order chi connectivity index (χ1) is 14.9. The normalized spacial score (nSPS) is 31.0. The Morgan fingerprint density at radius 3 is 2.42 bits per heavy atom. The molecule has 3 N–H and O–H groups in total. The zero-order valence-electron chi connectivity index (χ0n) is 17.8. The minimum atomic E-state index is -0.926. The van der Waals surface area contributed by atoms with Crippen molar-refractivity contribution in [2.45, 2.75) is 24.7 Å². The van der Waals surface area contributed by atoms with Crippen molar-refractivity contribution in [3.63, 3.8) is 0 Å². The van der Waals surface area contributed by atoms with Crippen molar-refractivity contribution in [2.75, 3.05) is 39.8 Å². The number of methoxy groups -OCH3 is 3. The van der Waals surface area contributed by atoms with E-state index in [1.165, 1.54) is 14.2 Å². The number of allylic oxidation sites excluding steroid dienone is 2. The van der Waals surface area contributed by atoms with Crippen LogP contribution in [-0.2, 0) is 14.3 Å². The molecule has 3 heterocycles. The summed E-state index contributed by atoms with van der Waals surface area (Å²) in [6, 6.07) is 5.32. The molecule has 1 aliphatic carbocycles. The van der Waals surface area contributed by atoms with Gasteiger partial charge in [0, 0.05) is 54.7 Å². The second kappa shape index (κ2) is 6.81. The van der Waals surface area contributed by atoms with Gasteiger partial charge in [-0.15, -0.1) is 0 Å². The summed E-state index contributed by atoms with van der Waals surface area (Å²) in [5.41, 5.74) is 0.799. The van der Waals surface area contributed by atoms with Crippen LogP contribution in [0.4, 0.5) is 5.69 Å². The minimum Gasteiger partial charge on any atom is -0.497 e. The average Bonchev–Trinajstić information content (AvgIpc) is 3.40. The lowest BCUT2D eigenvalue weighted by Crippen LogP contribution is -2.54. The van der Waals surface area contributed by atoms with Gasteiger partial charge < -0.3 is 34.9 Å². The Bertz CT molecular complexity index is 1040. The number of hydrogen-bond acceptors (Lipinski definition) is 9. The third-order valence-corrected chi connectivity index (χ3v) is 6.84. The summed E-state index contributed by atoms with van der Waals surface area (Å²) in [6.45, 7) is 1.90. The Morgan fingerprint density at radius 1 is 1.16 bits per heavy atom. The highest BCUT2D eigenvalue weighted by Gasteiger charge is 2.72. The number of aliphatic hydroxyl groups excluding tert-OH is 1. The Hall–Kier alpha value is -2.88. The molecule has 3 aliphatic heterocycles. The van der Waals surface area contributed by atoms with Crippen LogP contribution in [0.3, 0.4) is 0 Å². The van der Waals surface area contributed by atoms with E-state index in [1.54, 1.807) is 32.2 Å². The Balaban J connectivity index is 1.55. The van der Waals surface area contributed by atoms with Crippen LogP contribution in [0.15, 0.2) is 40.7 Å². The van der Waals surface area contributed by atoms with Gasteiger partial charge in [-0.3, -0.25) is 9.59 Å². The monoisotopic (exact) mass is 427 g/mol. The van der Waals surface area contributed by atoms with Gasteiger partial charge in [0.15, 0.2) is 5.72 Å². The zero-order chi connectivity index (χ0) is 22.1. The van der Waals surface area contributed by atoms with E-state index in [2.05, 4.69) is 10.6 Å². The summed E-state index contributed by atoms with van der Waals surface area (Å²) in [5, 5.41) is 16.7. The lowest BCUT2D eigenvalue weighted by atomic mass is 9.82. The van der Waals surface area contributed by atoms with Gasteiger partial charge in [0.1, 0.15) is 11.5 Å². The van der Waals surface area contributed by atoms with Gasteiger partial charge in [0.05, 0.1) is 44.2 Å². The number of ether oxygens (including phenoxy) is 3. The number of nitrogens with one attached hydrogen (secondary N) is 2. The number of hydrogen-bond donors (Lipinski definition) is 3. The number of fused-ring (bicyclic) bond motifs is 4. The number of carbonyl (C=O) groups is 2. The third kappa shape index (κ3) is 2.54. The van der Waals surface area contributed by atoms with E-state index >= 15 is 0 Å². The van der Waals surface area contributed by atoms with E-state index in [-0.39, 0.29) is 36.0 Å². The summed E-state index contributed by atoms with van der Waals surface area (Å²) >= 11 is 0. The predicted octanol–water partition coefficient (Wildman–Crippen LogP) is 0.416. The van der Waals surface area contributed by atoms with Crippen molar-refractivity contribution in [2.24, 2.45) is 5.92 Å². The molecule has 4 unspecified atom stereocenters. The van der Waals surface area contributed by atoms with Crippen LogP contribution < -0.4 is 20.1 Å². The summed E-state index contributed by atoms with van der Waals surface area (Å²) < 4.78 is 16.5. The van der Waals surface area contributed by atoms with E-state index in [0.717, 1.165) is 0 Å². The SMILES string of the molecule is COc1cc(NC2=C(C)C(=O)C3=C(C2=O)C(CO)C2(OC)C4NC4CN32)cc(OC)c1. The average molecular weight is 427 g/mol. The number of rotatable bonds is 6. The summed E-state index contributed by atoms with van der Waals surface area (Å²) in [6.07, 6.45) is 0. The molecular weight excluding hydrogens is 402 g/mol. The number of nitrogens with zero attached hydrogens (tertiary/aromatic N) is 1. The molecule has 2 saturated heterocycles. The Kier molecular flexibility index (Phi) is 4.40. The lowest BCUT2D eigenvalue weighted by Gasteiger charge is -2.39. The largest absolute Gasteiger partial charge is 0.497 e. The molecule has 0 bridgehead atoms. The molecule has 1 aromatic carbocycles. The number of benzene rings is 1. The van der Waals surface area contributed by atoms with Crippen LogP contribution >= 0.6 is 0 Å². The summed E-state index contributed by atoms with van der Waals surface area (Å²) in [7, 11) is 4.64. The van der Waals surface area contributed by atoms with E-state index in [9.17, 15) is 14.7 Å². The van der Waals surface area contributed by atoms with Gasteiger partial charge >= 0.3 is 0 Å². The number of ketones is 2. The molecule has 0 aromatic heterocycles. The van der Waals surface area contributed by atoms with Crippen LogP contribution in [0.25, 0.3) is 0 Å². The van der Waals surface area contributed by atoms with Gasteiger partial charge in [0.25, 0.3) is 0 Å². The zero-order valence-corrected chi connectivity index (χ0v) is 17.8. The van der Waals surface area contributed by atoms with E-state index in [1.807, 2.05) is 4.90 Å². The standard InChI is InChI=1S/C22H25N3O6/c1-10-17(23-11-5-12(29-2)7-13(6-11)30-3)20(28)16-14(9-26)22(31-4)21-15(24-21)8-25(22)18(16)19(10)27/h5-7,14-15,21,23-24,26H,8-9H2,1-4H3. The molecule has 5 rings (SSSR count). The maximum absolute atomic E-state index is 13.6. The predicted molar refractivity (Wildman–Crippen MR) is 111 cm³/mol. The van der Waals surface area contributed by atoms with E-state index in [4.69, 9.17) is 14.2 Å². The third-order valence-electron chi connectivity index (χ3n) is 6.84. The molecule has 2 fully saturated rings. The Labute approximate surface area is 179 Å². The van der Waals surface area contributed by atoms with Gasteiger partial charge in [0.2, 0.25) is 11.6 Å². The van der Waals surface area contributed by atoms with E-state index in [0.29, 0.717) is 40.6 Å². The number of carbonyl (C=O) groups excluding carboxylic acids is 2. The first kappa shape index (κ1) is 20.0. The molecule has 0 amide bonds. The minimum absolute atomic E-state index is 0.0276. The molecule has 9 heteroatoms. The smallest absolute Gasteiger partial charge is 0.208 e. The summed E-state index contributed by atoms with van der Waals surface area (Å²) in [5.74, 6) is -0.0673. The first-order valence-electron chi connectivity index (χ1n) is 10.2. The fraction of sp³-hybridized carbons (Fsp3) is 0.455. The van der Waals surface area contributed by atoms with Crippen LogP contribution in [0.1, 0.15) is 6.92 Å². The second-order valence-corrected chi connectivity index (χ2v) is 8.20. The van der Waals surface area contributed by atoms with Crippen molar-refractivity contribution >= 4 is 17.3 Å². The van der Waals surface area contributed by atoms with Crippen LogP contribution in [0, 0.1) is 5.92 Å². The molecule has 1 aromatic rings. The highest BCUT2D eigenvalue weighted by Crippen LogP contribution is 2.55. The number of aliphatic hydroxyl groups is 1. The lowest BCUT2D eigenvalue weighted by molar-refractivity contribution is -0.137. The molecule has 0 spiro atoms. The highest BCUT2D eigenvalue weighted by molar-refractivity contribution is 6.26. The van der Waals surface area contributed by atoms with Gasteiger partial charge in [-0.25, -0.2) is 0 Å². The first-order valence-corrected chi connectivity index (χ1v) is 10.2. The quantitative estimate of drug-likeness (QED) is 0.438. The maximum Gasteiger partial charge on any atom is 0.208 e. The molecule has 4 aliphatic rings. The van der Waals surface area contributed by atoms with Gasteiger partial charge in [-0.05, 0) is 6.92 Å². The topological polar surface area (TPSA) is 119 Å². The fourth-order valence-corrected chi connectivity index (χ4v) is 5.32. The maximum atomic E-state index is 13.6. The van der Waals surface area contributed by atoms with Crippen molar-refractivity contribution < 1.29 is 28.9 Å². The molecular formula is C22H25N3O6. The van der Waals surface area contributed by atoms with Crippen LogP contribution in [-0.4, -0.2) is 73.9 Å². The molecule has 31 heavy (non-hydrogen) atoms. The number of piperazine rings is 1. The number of Topliss-reactive ketones (excluding diaryl/α,β-unsaturated/α-hetero) is 2. The highest BCUT2D eigenvalue weighted by atomic mass is 16.5.